The van der Waals surface area contributed by atoms with Crippen molar-refractivity contribution < 1.29 is 4.39 Å². The normalized spacial score (nSPS) is 10.0. The summed E-state index contributed by atoms with van der Waals surface area (Å²) in [7, 11) is 0. The maximum Gasteiger partial charge on any atom is 0.145 e. The van der Waals surface area contributed by atoms with Crippen LogP contribution in [0.1, 0.15) is 11.1 Å². The van der Waals surface area contributed by atoms with Crippen LogP contribution in [0.2, 0.25) is 5.02 Å². The molecule has 5 heteroatoms. The van der Waals surface area contributed by atoms with Gasteiger partial charge in [0.15, 0.2) is 0 Å². The average molecular weight is 340 g/mol. The Labute approximate surface area is 123 Å². The van der Waals surface area contributed by atoms with Crippen LogP contribution in [0, 0.1) is 17.1 Å². The number of benzene rings is 2. The van der Waals surface area contributed by atoms with Crippen LogP contribution < -0.4 is 5.32 Å². The highest BCUT2D eigenvalue weighted by molar-refractivity contribution is 9.10. The first-order valence-electron chi connectivity index (χ1n) is 5.49. The van der Waals surface area contributed by atoms with E-state index in [1.54, 1.807) is 24.3 Å². The molecule has 0 spiro atoms. The Kier molecular flexibility index (Phi) is 4.41. The van der Waals surface area contributed by atoms with Gasteiger partial charge in [-0.15, -0.1) is 0 Å². The monoisotopic (exact) mass is 338 g/mol. The molecule has 0 heterocycles. The maximum absolute atomic E-state index is 13.9. The smallest absolute Gasteiger partial charge is 0.145 e. The van der Waals surface area contributed by atoms with Gasteiger partial charge in [-0.2, -0.15) is 5.26 Å². The molecule has 0 fully saturated rings. The van der Waals surface area contributed by atoms with Crippen molar-refractivity contribution in [1.82, 2.24) is 0 Å². The first kappa shape index (κ1) is 13.9. The lowest BCUT2D eigenvalue weighted by atomic mass is 10.1. The van der Waals surface area contributed by atoms with E-state index in [1.165, 1.54) is 6.07 Å². The maximum atomic E-state index is 13.9. The van der Waals surface area contributed by atoms with E-state index < -0.39 is 5.82 Å². The lowest BCUT2D eigenvalue weighted by molar-refractivity contribution is 0.609. The first-order valence-corrected chi connectivity index (χ1v) is 6.66. The second-order valence-corrected chi connectivity index (χ2v) is 5.05. The average Bonchev–Trinajstić information content (AvgIpc) is 2.42. The molecular formula is C14H9BrClFN2. The Morgan fingerprint density at radius 2 is 2.00 bits per heavy atom. The molecule has 2 nitrogen and oxygen atoms in total. The van der Waals surface area contributed by atoms with Crippen LogP contribution in [-0.2, 0) is 6.54 Å². The van der Waals surface area contributed by atoms with Gasteiger partial charge in [-0.1, -0.05) is 29.8 Å². The molecule has 0 aromatic heterocycles. The zero-order valence-corrected chi connectivity index (χ0v) is 12.1. The topological polar surface area (TPSA) is 35.8 Å². The molecule has 1 N–H and O–H groups in total. The molecule has 0 aliphatic heterocycles. The SMILES string of the molecule is N#Cc1cccc(CNc2cccc(Cl)c2Br)c1F. The van der Waals surface area contributed by atoms with Gasteiger partial charge < -0.3 is 5.32 Å². The Bertz CT molecular complexity index is 652. The van der Waals surface area contributed by atoms with Crippen LogP contribution in [0.25, 0.3) is 0 Å². The molecule has 0 radical (unpaired) electrons. The van der Waals surface area contributed by atoms with Crippen molar-refractivity contribution >= 4 is 33.2 Å². The van der Waals surface area contributed by atoms with E-state index in [0.717, 1.165) is 10.2 Å². The second kappa shape index (κ2) is 6.05. The van der Waals surface area contributed by atoms with E-state index in [1.807, 2.05) is 12.1 Å². The second-order valence-electron chi connectivity index (χ2n) is 3.85. The highest BCUT2D eigenvalue weighted by Crippen LogP contribution is 2.30. The molecule has 2 rings (SSSR count). The fraction of sp³-hybridized carbons (Fsp3) is 0.0714. The molecule has 96 valence electrons. The predicted molar refractivity (Wildman–Crippen MR) is 77.6 cm³/mol. The lowest BCUT2D eigenvalue weighted by Gasteiger charge is -2.10. The predicted octanol–water partition coefficient (Wildman–Crippen LogP) is 4.73. The molecule has 19 heavy (non-hydrogen) atoms. The summed E-state index contributed by atoms with van der Waals surface area (Å²) in [6.45, 7) is 0.278. The summed E-state index contributed by atoms with van der Waals surface area (Å²) in [5, 5.41) is 12.4. The van der Waals surface area contributed by atoms with Gasteiger partial charge in [-0.3, -0.25) is 0 Å². The van der Waals surface area contributed by atoms with Crippen molar-refractivity contribution in [2.45, 2.75) is 6.54 Å². The Morgan fingerprint density at radius 1 is 1.26 bits per heavy atom. The van der Waals surface area contributed by atoms with Crippen molar-refractivity contribution in [1.29, 1.82) is 5.26 Å². The van der Waals surface area contributed by atoms with Crippen molar-refractivity contribution in [2.24, 2.45) is 0 Å². The summed E-state index contributed by atoms with van der Waals surface area (Å²) >= 11 is 9.33. The first-order chi connectivity index (χ1) is 9.13. The Balaban J connectivity index is 2.20. The summed E-state index contributed by atoms with van der Waals surface area (Å²) in [5.74, 6) is -0.490. The van der Waals surface area contributed by atoms with Gasteiger partial charge >= 0.3 is 0 Å². The molecule has 2 aromatic rings. The van der Waals surface area contributed by atoms with Crippen LogP contribution in [0.5, 0.6) is 0 Å². The molecule has 2 aromatic carbocycles. The molecule has 0 saturated carbocycles. The number of nitrogens with one attached hydrogen (secondary N) is 1. The third-order valence-corrected chi connectivity index (χ3v) is 4.02. The zero-order valence-electron chi connectivity index (χ0n) is 9.75. The van der Waals surface area contributed by atoms with Crippen molar-refractivity contribution in [2.75, 3.05) is 5.32 Å². The molecule has 0 saturated heterocycles. The fourth-order valence-electron chi connectivity index (χ4n) is 1.63. The van der Waals surface area contributed by atoms with Gasteiger partial charge in [-0.05, 0) is 34.1 Å². The molecule has 0 bridgehead atoms. The van der Waals surface area contributed by atoms with E-state index in [9.17, 15) is 4.39 Å². The van der Waals surface area contributed by atoms with Gasteiger partial charge in [-0.25, -0.2) is 4.39 Å². The number of hydrogen-bond donors (Lipinski definition) is 1. The Morgan fingerprint density at radius 3 is 2.74 bits per heavy atom. The molecular weight excluding hydrogens is 331 g/mol. The van der Waals surface area contributed by atoms with Crippen LogP contribution in [0.3, 0.4) is 0 Å². The molecule has 0 aliphatic rings. The molecule has 0 unspecified atom stereocenters. The minimum atomic E-state index is -0.490. The minimum absolute atomic E-state index is 0.0458. The number of rotatable bonds is 3. The molecule has 0 amide bonds. The largest absolute Gasteiger partial charge is 0.380 e. The summed E-state index contributed by atoms with van der Waals surface area (Å²) in [4.78, 5) is 0. The summed E-state index contributed by atoms with van der Waals surface area (Å²) in [5.41, 5.74) is 1.25. The number of anilines is 1. The van der Waals surface area contributed by atoms with Crippen LogP contribution >= 0.6 is 27.5 Å². The Hall–Kier alpha value is -1.57. The van der Waals surface area contributed by atoms with Gasteiger partial charge in [0, 0.05) is 12.1 Å². The van der Waals surface area contributed by atoms with Crippen molar-refractivity contribution in [3.05, 3.63) is 62.8 Å². The lowest BCUT2D eigenvalue weighted by Crippen LogP contribution is -2.03. The summed E-state index contributed by atoms with van der Waals surface area (Å²) < 4.78 is 14.6. The van der Waals surface area contributed by atoms with E-state index in [4.69, 9.17) is 16.9 Å². The van der Waals surface area contributed by atoms with Gasteiger partial charge in [0.2, 0.25) is 0 Å². The van der Waals surface area contributed by atoms with E-state index >= 15 is 0 Å². The van der Waals surface area contributed by atoms with E-state index in [-0.39, 0.29) is 12.1 Å². The summed E-state index contributed by atoms with van der Waals surface area (Å²) in [6.07, 6.45) is 0. The third-order valence-electron chi connectivity index (χ3n) is 2.62. The number of nitrogens with zero attached hydrogens (tertiary/aromatic N) is 1. The van der Waals surface area contributed by atoms with Crippen LogP contribution in [-0.4, -0.2) is 0 Å². The zero-order chi connectivity index (χ0) is 13.8. The van der Waals surface area contributed by atoms with E-state index in [2.05, 4.69) is 21.2 Å². The van der Waals surface area contributed by atoms with Gasteiger partial charge in [0.1, 0.15) is 11.9 Å². The van der Waals surface area contributed by atoms with E-state index in [0.29, 0.717) is 10.6 Å². The fourth-order valence-corrected chi connectivity index (χ4v) is 2.21. The third kappa shape index (κ3) is 3.06. The number of halogens is 3. The highest BCUT2D eigenvalue weighted by Gasteiger charge is 2.08. The highest BCUT2D eigenvalue weighted by atomic mass is 79.9. The van der Waals surface area contributed by atoms with Crippen LogP contribution in [0.4, 0.5) is 10.1 Å². The molecule has 0 aliphatic carbocycles. The number of hydrogen-bond acceptors (Lipinski definition) is 2. The van der Waals surface area contributed by atoms with Gasteiger partial charge in [0.25, 0.3) is 0 Å². The number of nitriles is 1. The van der Waals surface area contributed by atoms with Crippen molar-refractivity contribution in [3.63, 3.8) is 0 Å². The standard InChI is InChI=1S/C14H9BrClFN2/c15-13-11(16)5-2-6-12(13)19-8-10-4-1-3-9(7-18)14(10)17/h1-6,19H,8H2. The molecule has 0 atom stereocenters. The quantitative estimate of drug-likeness (QED) is 0.878. The van der Waals surface area contributed by atoms with Gasteiger partial charge in [0.05, 0.1) is 20.7 Å². The van der Waals surface area contributed by atoms with Crippen LogP contribution in [0.15, 0.2) is 40.9 Å². The summed E-state index contributed by atoms with van der Waals surface area (Å²) in [6, 6.07) is 12.0. The minimum Gasteiger partial charge on any atom is -0.380 e. The van der Waals surface area contributed by atoms with Crippen molar-refractivity contribution in [3.8, 4) is 6.07 Å².